The second-order valence-corrected chi connectivity index (χ2v) is 6.01. The smallest absolute Gasteiger partial charge is 0.191 e. The minimum atomic E-state index is -0.200. The van der Waals surface area contributed by atoms with Crippen molar-refractivity contribution in [2.24, 2.45) is 5.92 Å². The summed E-state index contributed by atoms with van der Waals surface area (Å²) >= 11 is 0. The summed E-state index contributed by atoms with van der Waals surface area (Å²) < 4.78 is 16.4. The SMILES string of the molecule is CC1CCC(c2ccc(OCC3OCCO3)cc2)CC1. The van der Waals surface area contributed by atoms with Crippen LogP contribution in [0.15, 0.2) is 24.3 Å². The van der Waals surface area contributed by atoms with Crippen LogP contribution in [0.2, 0.25) is 0 Å². The normalized spacial score (nSPS) is 27.6. The zero-order valence-electron chi connectivity index (χ0n) is 12.2. The summed E-state index contributed by atoms with van der Waals surface area (Å²) in [6.07, 6.45) is 5.17. The highest BCUT2D eigenvalue weighted by molar-refractivity contribution is 5.29. The van der Waals surface area contributed by atoms with Crippen LogP contribution in [0.5, 0.6) is 5.75 Å². The van der Waals surface area contributed by atoms with Crippen molar-refractivity contribution < 1.29 is 14.2 Å². The second kappa shape index (κ2) is 6.59. The van der Waals surface area contributed by atoms with Gasteiger partial charge in [0.05, 0.1) is 13.2 Å². The Hall–Kier alpha value is -1.06. The van der Waals surface area contributed by atoms with E-state index in [2.05, 4.69) is 31.2 Å². The van der Waals surface area contributed by atoms with Gasteiger partial charge in [0.1, 0.15) is 12.4 Å². The molecule has 20 heavy (non-hydrogen) atoms. The van der Waals surface area contributed by atoms with Gasteiger partial charge in [-0.3, -0.25) is 0 Å². The Balaban J connectivity index is 1.51. The third-order valence-corrected chi connectivity index (χ3v) is 4.44. The predicted octanol–water partition coefficient (Wildman–Crippen LogP) is 3.73. The Labute approximate surface area is 121 Å². The topological polar surface area (TPSA) is 27.7 Å². The Bertz CT molecular complexity index is 401. The zero-order chi connectivity index (χ0) is 13.8. The molecule has 0 bridgehead atoms. The molecule has 1 aromatic rings. The van der Waals surface area contributed by atoms with E-state index in [-0.39, 0.29) is 6.29 Å². The van der Waals surface area contributed by atoms with E-state index in [1.54, 1.807) is 0 Å². The van der Waals surface area contributed by atoms with Crippen LogP contribution >= 0.6 is 0 Å². The molecule has 3 rings (SSSR count). The Morgan fingerprint density at radius 2 is 1.65 bits per heavy atom. The summed E-state index contributed by atoms with van der Waals surface area (Å²) in [5, 5.41) is 0. The van der Waals surface area contributed by atoms with Crippen LogP contribution in [-0.2, 0) is 9.47 Å². The Kier molecular flexibility index (Phi) is 4.58. The molecule has 0 unspecified atom stereocenters. The minimum absolute atomic E-state index is 0.200. The minimum Gasteiger partial charge on any atom is -0.488 e. The van der Waals surface area contributed by atoms with Crippen molar-refractivity contribution in [2.75, 3.05) is 19.8 Å². The van der Waals surface area contributed by atoms with Gasteiger partial charge in [-0.25, -0.2) is 0 Å². The zero-order valence-corrected chi connectivity index (χ0v) is 12.2. The summed E-state index contributed by atoms with van der Waals surface area (Å²) in [7, 11) is 0. The van der Waals surface area contributed by atoms with Crippen molar-refractivity contribution in [1.82, 2.24) is 0 Å². The molecular weight excluding hydrogens is 252 g/mol. The fraction of sp³-hybridized carbons (Fsp3) is 0.647. The molecule has 3 heteroatoms. The van der Waals surface area contributed by atoms with Crippen LogP contribution in [0.3, 0.4) is 0 Å². The van der Waals surface area contributed by atoms with Crippen LogP contribution in [0, 0.1) is 5.92 Å². The molecule has 1 aliphatic heterocycles. The molecule has 1 saturated carbocycles. The van der Waals surface area contributed by atoms with E-state index in [1.807, 2.05) is 0 Å². The first-order chi connectivity index (χ1) is 9.81. The fourth-order valence-corrected chi connectivity index (χ4v) is 3.10. The number of ether oxygens (including phenoxy) is 3. The van der Waals surface area contributed by atoms with Gasteiger partial charge in [-0.1, -0.05) is 31.9 Å². The van der Waals surface area contributed by atoms with Crippen molar-refractivity contribution >= 4 is 0 Å². The third-order valence-electron chi connectivity index (χ3n) is 4.44. The quantitative estimate of drug-likeness (QED) is 0.838. The summed E-state index contributed by atoms with van der Waals surface area (Å²) in [6, 6.07) is 8.57. The van der Waals surface area contributed by atoms with E-state index in [1.165, 1.54) is 31.2 Å². The second-order valence-electron chi connectivity index (χ2n) is 6.01. The number of hydrogen-bond donors (Lipinski definition) is 0. The van der Waals surface area contributed by atoms with Gasteiger partial charge in [-0.2, -0.15) is 0 Å². The van der Waals surface area contributed by atoms with Gasteiger partial charge in [0.25, 0.3) is 0 Å². The molecule has 0 N–H and O–H groups in total. The van der Waals surface area contributed by atoms with E-state index in [0.717, 1.165) is 17.6 Å². The molecule has 2 fully saturated rings. The van der Waals surface area contributed by atoms with Gasteiger partial charge in [-0.05, 0) is 42.4 Å². The van der Waals surface area contributed by atoms with Crippen LogP contribution in [0.1, 0.15) is 44.1 Å². The fourth-order valence-electron chi connectivity index (χ4n) is 3.10. The summed E-state index contributed by atoms with van der Waals surface area (Å²) in [5.74, 6) is 2.54. The lowest BCUT2D eigenvalue weighted by molar-refractivity contribution is -0.0684. The van der Waals surface area contributed by atoms with E-state index in [4.69, 9.17) is 14.2 Å². The van der Waals surface area contributed by atoms with Gasteiger partial charge in [0, 0.05) is 0 Å². The maximum Gasteiger partial charge on any atom is 0.191 e. The molecule has 0 spiro atoms. The molecule has 1 saturated heterocycles. The summed E-state index contributed by atoms with van der Waals surface area (Å²) in [6.45, 7) is 4.18. The average molecular weight is 276 g/mol. The number of rotatable bonds is 4. The average Bonchev–Trinajstić information content (AvgIpc) is 3.00. The maximum absolute atomic E-state index is 5.70. The lowest BCUT2D eigenvalue weighted by Crippen LogP contribution is -2.18. The molecule has 110 valence electrons. The maximum atomic E-state index is 5.70. The molecule has 0 radical (unpaired) electrons. The van der Waals surface area contributed by atoms with Crippen molar-refractivity contribution in [1.29, 1.82) is 0 Å². The van der Waals surface area contributed by atoms with E-state index in [0.29, 0.717) is 19.8 Å². The van der Waals surface area contributed by atoms with Crippen LogP contribution < -0.4 is 4.74 Å². The van der Waals surface area contributed by atoms with E-state index in [9.17, 15) is 0 Å². The first-order valence-corrected chi connectivity index (χ1v) is 7.77. The van der Waals surface area contributed by atoms with Crippen molar-refractivity contribution in [3.63, 3.8) is 0 Å². The van der Waals surface area contributed by atoms with Gasteiger partial charge in [0.2, 0.25) is 0 Å². The Morgan fingerprint density at radius 3 is 2.30 bits per heavy atom. The van der Waals surface area contributed by atoms with E-state index >= 15 is 0 Å². The lowest BCUT2D eigenvalue weighted by Gasteiger charge is -2.26. The van der Waals surface area contributed by atoms with E-state index < -0.39 is 0 Å². The van der Waals surface area contributed by atoms with Crippen molar-refractivity contribution in [2.45, 2.75) is 44.8 Å². The molecular formula is C17H24O3. The van der Waals surface area contributed by atoms with Gasteiger partial charge >= 0.3 is 0 Å². The third kappa shape index (κ3) is 3.53. The number of hydrogen-bond acceptors (Lipinski definition) is 3. The molecule has 2 aliphatic rings. The standard InChI is InChI=1S/C17H24O3/c1-13-2-4-14(5-3-13)15-6-8-16(9-7-15)20-12-17-18-10-11-19-17/h6-9,13-14,17H,2-5,10-12H2,1H3. The monoisotopic (exact) mass is 276 g/mol. The van der Waals surface area contributed by atoms with Crippen molar-refractivity contribution in [3.05, 3.63) is 29.8 Å². The van der Waals surface area contributed by atoms with Crippen LogP contribution in [0.4, 0.5) is 0 Å². The molecule has 0 atom stereocenters. The van der Waals surface area contributed by atoms with Crippen LogP contribution in [0.25, 0.3) is 0 Å². The van der Waals surface area contributed by atoms with Crippen LogP contribution in [-0.4, -0.2) is 26.1 Å². The van der Waals surface area contributed by atoms with Gasteiger partial charge in [0.15, 0.2) is 6.29 Å². The molecule has 1 heterocycles. The highest BCUT2D eigenvalue weighted by Crippen LogP contribution is 2.35. The van der Waals surface area contributed by atoms with Gasteiger partial charge < -0.3 is 14.2 Å². The molecule has 1 aliphatic carbocycles. The molecule has 1 aromatic carbocycles. The molecule has 3 nitrogen and oxygen atoms in total. The molecule has 0 aromatic heterocycles. The first kappa shape index (κ1) is 13.9. The van der Waals surface area contributed by atoms with Gasteiger partial charge in [-0.15, -0.1) is 0 Å². The number of benzene rings is 1. The highest BCUT2D eigenvalue weighted by atomic mass is 16.7. The highest BCUT2D eigenvalue weighted by Gasteiger charge is 2.20. The summed E-state index contributed by atoms with van der Waals surface area (Å²) in [5.41, 5.74) is 1.46. The molecule has 0 amide bonds. The lowest BCUT2D eigenvalue weighted by atomic mass is 9.79. The predicted molar refractivity (Wildman–Crippen MR) is 78.0 cm³/mol. The Morgan fingerprint density at radius 1 is 1.00 bits per heavy atom. The largest absolute Gasteiger partial charge is 0.488 e. The van der Waals surface area contributed by atoms with Crippen molar-refractivity contribution in [3.8, 4) is 5.75 Å². The summed E-state index contributed by atoms with van der Waals surface area (Å²) in [4.78, 5) is 0. The first-order valence-electron chi connectivity index (χ1n) is 7.77.